The molecule has 139 heavy (non-hydrogen) atoms. The zero-order chi connectivity index (χ0) is 100. The maximum Gasteiger partial charge on any atom is 0.410 e. The quantitative estimate of drug-likeness (QED) is 0.0189. The number of likely N-dealkylation sites (tertiary alicyclic amines) is 2. The normalized spacial score (nSPS) is 25.8. The van der Waals surface area contributed by atoms with E-state index < -0.39 is 117 Å². The molecule has 39 heteroatoms. The SMILES string of the molecule is CC(C)Nc1ccn(-c2cc(Cl)c3ccc(OCCN4CCN(C(=O)OC(C)(C)C)CC4)cc3n2)n1.CC[C@@H]1C[C@]1(NC(=O)[C@@H]1C[C@@H](O)CN1C(=O)[C@@H](NC(=O)OC1C[C@@H]2C[C@@H]2C1)C(C)(C)C)C(=O)O.CC[C@@H]1C[C@]1(NC(=O)[C@@H]1C[C@@H](Oc2cc(-n3ccc(NC(C)C)n3)nc3cc(OCCN4CCN(C(=O)OC(C)(C)C)CC4)ccc23)CN1C(=O)[C@@H](NC(=O)OC1C[C@@H]2C[C@@H]2C1)C(C)(C)C)C(=O)O. The highest BCUT2D eigenvalue weighted by Crippen LogP contribution is 2.54. The van der Waals surface area contributed by atoms with E-state index in [0.717, 1.165) is 67.8 Å². The molecule has 760 valence electrons. The number of anilines is 2. The molecule has 16 rings (SSSR count). The molecule has 4 saturated heterocycles. The lowest BCUT2D eigenvalue weighted by Crippen LogP contribution is -2.59. The smallest absolute Gasteiger partial charge is 0.410 e. The number of carbonyl (C=O) groups is 10. The molecule has 0 radical (unpaired) electrons. The number of carboxylic acid groups (broad SMARTS) is 2. The van der Waals surface area contributed by atoms with Crippen molar-refractivity contribution in [2.75, 3.05) is 102 Å². The van der Waals surface area contributed by atoms with Crippen molar-refractivity contribution in [2.24, 2.45) is 46.3 Å². The van der Waals surface area contributed by atoms with E-state index in [1.165, 1.54) is 22.6 Å². The number of aliphatic carboxylic acids is 2. The Balaban J connectivity index is 0.000000184. The third kappa shape index (κ3) is 26.1. The average molecular weight is 1950 g/mol. The van der Waals surface area contributed by atoms with Gasteiger partial charge >= 0.3 is 36.3 Å². The van der Waals surface area contributed by atoms with Crippen LogP contribution in [0, 0.1) is 46.3 Å². The number of pyridine rings is 2. The number of amides is 8. The summed E-state index contributed by atoms with van der Waals surface area (Å²) in [6, 6.07) is 14.9. The maximum atomic E-state index is 14.9. The lowest BCUT2D eigenvalue weighted by molar-refractivity contribution is -0.146. The van der Waals surface area contributed by atoms with Crippen molar-refractivity contribution in [1.82, 2.24) is 80.2 Å². The minimum Gasteiger partial charge on any atom is -0.492 e. The van der Waals surface area contributed by atoms with E-state index in [-0.39, 0.29) is 80.7 Å². The van der Waals surface area contributed by atoms with Crippen LogP contribution in [0.15, 0.2) is 73.1 Å². The van der Waals surface area contributed by atoms with Crippen LogP contribution in [0.25, 0.3) is 33.4 Å². The van der Waals surface area contributed by atoms with Crippen LogP contribution >= 0.6 is 11.6 Å². The third-order valence-corrected chi connectivity index (χ3v) is 28.0. The van der Waals surface area contributed by atoms with E-state index >= 15 is 0 Å². The second kappa shape index (κ2) is 42.3. The summed E-state index contributed by atoms with van der Waals surface area (Å²) in [7, 11) is 0. The van der Waals surface area contributed by atoms with Crippen LogP contribution in [0.2, 0.25) is 5.02 Å². The summed E-state index contributed by atoms with van der Waals surface area (Å²) in [6.07, 6.45) is 7.36. The Kier molecular flexibility index (Phi) is 31.5. The number of benzene rings is 2. The Morgan fingerprint density at radius 3 is 1.29 bits per heavy atom. The molecule has 0 bridgehead atoms. The number of nitrogens with zero attached hydrogens (tertiary/aromatic N) is 12. The number of carbonyl (C=O) groups excluding carboxylic acids is 8. The van der Waals surface area contributed by atoms with Gasteiger partial charge in [-0.1, -0.05) is 79.8 Å². The zero-order valence-corrected chi connectivity index (χ0v) is 84.3. The fraction of sp³-hybridized carbons (Fsp3) is 0.660. The Bertz CT molecular complexity index is 5440. The number of halogens is 1. The van der Waals surface area contributed by atoms with Gasteiger partial charge in [0.1, 0.15) is 107 Å². The molecule has 9 N–H and O–H groups in total. The number of rotatable bonds is 30. The van der Waals surface area contributed by atoms with Gasteiger partial charge in [-0.05, 0) is 191 Å². The van der Waals surface area contributed by atoms with Crippen LogP contribution in [-0.2, 0) is 47.7 Å². The number of piperazine rings is 2. The number of hydrogen-bond donors (Lipinski definition) is 9. The van der Waals surface area contributed by atoms with Crippen LogP contribution in [0.5, 0.6) is 17.2 Å². The topological polar surface area (TPSA) is 449 Å². The zero-order valence-electron chi connectivity index (χ0n) is 83.6. The molecule has 16 atom stereocenters. The van der Waals surface area contributed by atoms with Crippen molar-refractivity contribution in [2.45, 2.75) is 285 Å². The van der Waals surface area contributed by atoms with Gasteiger partial charge in [-0.3, -0.25) is 29.0 Å². The summed E-state index contributed by atoms with van der Waals surface area (Å²) < 4.78 is 44.9. The number of alkyl carbamates (subject to hydrolysis) is 2. The van der Waals surface area contributed by atoms with Gasteiger partial charge in [0, 0.05) is 156 Å². The van der Waals surface area contributed by atoms with Crippen LogP contribution < -0.4 is 46.1 Å². The van der Waals surface area contributed by atoms with Crippen molar-refractivity contribution in [3.05, 3.63) is 78.1 Å². The van der Waals surface area contributed by atoms with Gasteiger partial charge in [-0.25, -0.2) is 48.1 Å². The molecule has 8 heterocycles. The summed E-state index contributed by atoms with van der Waals surface area (Å²) in [5.41, 5.74) is -3.95. The van der Waals surface area contributed by atoms with E-state index in [2.05, 4.69) is 60.6 Å². The van der Waals surface area contributed by atoms with E-state index in [0.29, 0.717) is 147 Å². The molecule has 2 unspecified atom stereocenters. The highest BCUT2D eigenvalue weighted by atomic mass is 35.5. The van der Waals surface area contributed by atoms with Gasteiger partial charge in [-0.15, -0.1) is 10.2 Å². The number of nitrogens with one attached hydrogen (secondary N) is 6. The first-order chi connectivity index (χ1) is 65.5. The second-order valence-electron chi connectivity index (χ2n) is 43.9. The molecule has 10 aliphatic rings. The number of β-amino-alcohol motifs (C(OH)–C–C–N with tert-alkyl or cyclic N) is 1. The summed E-state index contributed by atoms with van der Waals surface area (Å²) >= 11 is 6.55. The maximum absolute atomic E-state index is 14.9. The lowest BCUT2D eigenvalue weighted by Gasteiger charge is -2.35. The number of ether oxygens (including phenoxy) is 7. The number of fused-ring (bicyclic) bond motifs is 4. The first-order valence-electron chi connectivity index (χ1n) is 49.4. The van der Waals surface area contributed by atoms with E-state index in [4.69, 9.17) is 59.8 Å². The van der Waals surface area contributed by atoms with E-state index in [1.54, 1.807) is 52.2 Å². The summed E-state index contributed by atoms with van der Waals surface area (Å²) in [6.45, 7) is 41.7. The lowest BCUT2D eigenvalue weighted by atomic mass is 9.85. The summed E-state index contributed by atoms with van der Waals surface area (Å²) in [5, 5.41) is 59.2. The molecule has 6 saturated carbocycles. The molecule has 38 nitrogen and oxygen atoms in total. The molecular weight excluding hydrogens is 1810 g/mol. The van der Waals surface area contributed by atoms with Gasteiger partial charge in [0.2, 0.25) is 23.6 Å². The molecule has 0 spiro atoms. The Morgan fingerprint density at radius 1 is 0.496 bits per heavy atom. The van der Waals surface area contributed by atoms with E-state index in [9.17, 15) is 63.3 Å². The van der Waals surface area contributed by atoms with Crippen LogP contribution in [-0.4, -0.2) is 309 Å². The number of aromatic nitrogens is 6. The van der Waals surface area contributed by atoms with Gasteiger partial charge in [0.05, 0.1) is 28.7 Å². The fourth-order valence-corrected chi connectivity index (χ4v) is 20.1. The van der Waals surface area contributed by atoms with Crippen molar-refractivity contribution in [1.29, 1.82) is 0 Å². The highest BCUT2D eigenvalue weighted by Gasteiger charge is 2.63. The number of aliphatic hydroxyl groups is 1. The van der Waals surface area contributed by atoms with Crippen LogP contribution in [0.4, 0.5) is 30.8 Å². The van der Waals surface area contributed by atoms with Crippen molar-refractivity contribution >= 4 is 105 Å². The molecule has 2 aromatic carbocycles. The average Bonchev–Trinajstić information content (AvgIpc) is 1.58. The summed E-state index contributed by atoms with van der Waals surface area (Å²) in [4.78, 5) is 152. The minimum absolute atomic E-state index is 0.0101. The number of hydrogen-bond acceptors (Lipinski definition) is 26. The Labute approximate surface area is 817 Å². The first-order valence-corrected chi connectivity index (χ1v) is 49.8. The molecule has 4 aromatic heterocycles. The van der Waals surface area contributed by atoms with Crippen molar-refractivity contribution in [3.63, 3.8) is 0 Å². The van der Waals surface area contributed by atoms with Crippen molar-refractivity contribution < 1.29 is 96.4 Å². The van der Waals surface area contributed by atoms with Gasteiger partial charge < -0.3 is 100.0 Å². The largest absolute Gasteiger partial charge is 0.492 e. The van der Waals surface area contributed by atoms with Gasteiger partial charge in [-0.2, -0.15) is 0 Å². The molecular formula is C100H143ClN18O20. The Morgan fingerprint density at radius 2 is 0.899 bits per heavy atom. The van der Waals surface area contributed by atoms with Crippen LogP contribution in [0.1, 0.15) is 202 Å². The highest BCUT2D eigenvalue weighted by molar-refractivity contribution is 6.35. The summed E-state index contributed by atoms with van der Waals surface area (Å²) in [5.74, 6) is 1.97. The van der Waals surface area contributed by atoms with E-state index in [1.807, 2.05) is 151 Å². The predicted octanol–water partition coefficient (Wildman–Crippen LogP) is 11.9. The fourth-order valence-electron chi connectivity index (χ4n) is 19.8. The monoisotopic (exact) mass is 1950 g/mol. The first kappa shape index (κ1) is 104. The van der Waals surface area contributed by atoms with Gasteiger partial charge in [0.15, 0.2) is 11.6 Å². The second-order valence-corrected chi connectivity index (χ2v) is 44.3. The number of aliphatic hydroxyl groups excluding tert-OH is 1. The minimum atomic E-state index is -1.42. The predicted molar refractivity (Wildman–Crippen MR) is 519 cm³/mol. The molecule has 4 aliphatic heterocycles. The molecule has 10 fully saturated rings. The molecule has 8 amide bonds. The van der Waals surface area contributed by atoms with Gasteiger partial charge in [0.25, 0.3) is 0 Å². The molecule has 6 aliphatic carbocycles. The Hall–Kier alpha value is -11.2. The van der Waals surface area contributed by atoms with Crippen molar-refractivity contribution in [3.8, 4) is 28.9 Å². The van der Waals surface area contributed by atoms with Crippen LogP contribution in [0.3, 0.4) is 0 Å². The standard InChI is InChI=1S/C50H71N9O10.C26H35ClN6O3.C24H37N3O7/c1-10-32-27-50(32,45(62)63)54-43(60)38-25-35(28-58(38)44(61)42(48(4,5)6)53-46(64)68-34-22-30-21-31(30)23-34)67-39-26-41(59-14-13-40(55-59)51-29(2)3)52-37-24-33(11-12-36(37)39)66-20-19-56-15-17-57(18-16-56)47(65)69-49(7,8)9;1-18(2)28-23-8-9-33(30-23)24-17-21(27)20-7-6-19(16-22(20)29-24)35-15-14-31-10-12-32(13-11-31)25(34)36-26(3,4)5;1-5-14-10-24(14,21(31)32)26-19(29)17-9-15(28)11-27(17)20(30)18(23(2,3)4)25-22(33)34-16-7-12-6-13(12)8-16/h11-14,24,26,29-32,34-35,38,42H,10,15-23,25,27-28H2,1-9H3,(H,51,55)(H,53,64)(H,54,60)(H,62,63);6-9,16-18H,10-15H2,1-5H3,(H,28,30);12-18,28H,5-11H2,1-4H3,(H,25,33)(H,26,29)(H,31,32)/t30-,31+,32-,34?,35-,38+,42-,50-;;12-,13+,14-,15-,16?,17+,18-,24-/m1.1/s1. The molecule has 6 aromatic rings. The number of carboxylic acids is 2. The third-order valence-electron chi connectivity index (χ3n) is 27.7.